The Morgan fingerprint density at radius 2 is 1.56 bits per heavy atom. The molecular formula is C18H18ClN5S. The number of nitrogens with zero attached hydrogens (tertiary/aromatic N) is 4. The number of anilines is 2. The largest absolute Gasteiger partial charge is 1.00 e. The van der Waals surface area contributed by atoms with Crippen molar-refractivity contribution in [2.75, 3.05) is 10.2 Å². The molecule has 0 saturated heterocycles. The van der Waals surface area contributed by atoms with Gasteiger partial charge in [0.2, 0.25) is 0 Å². The number of thiazole rings is 1. The highest BCUT2D eigenvalue weighted by atomic mass is 35.5. The van der Waals surface area contributed by atoms with Crippen molar-refractivity contribution >= 4 is 28.0 Å². The minimum Gasteiger partial charge on any atom is -1.00 e. The molecular weight excluding hydrogens is 354 g/mol. The maximum atomic E-state index is 4.81. The van der Waals surface area contributed by atoms with Crippen LogP contribution in [-0.2, 0) is 0 Å². The highest BCUT2D eigenvalue weighted by Gasteiger charge is 2.33. The van der Waals surface area contributed by atoms with Gasteiger partial charge in [-0.2, -0.15) is 5.43 Å². The first kappa shape index (κ1) is 17.4. The molecule has 0 radical (unpaired) electrons. The fourth-order valence-electron chi connectivity index (χ4n) is 2.52. The molecule has 0 amide bonds. The maximum absolute atomic E-state index is 4.81. The average molecular weight is 372 g/mol. The summed E-state index contributed by atoms with van der Waals surface area (Å²) in [6.45, 7) is 4.13. The molecule has 0 atom stereocenters. The third-order valence-corrected chi connectivity index (χ3v) is 4.98. The topological polar surface area (TPSA) is 48.3 Å². The molecule has 0 spiro atoms. The Hall–Kier alpha value is -2.41. The molecule has 0 fully saturated rings. The van der Waals surface area contributed by atoms with E-state index in [0.29, 0.717) is 0 Å². The van der Waals surface area contributed by atoms with Crippen LogP contribution < -0.4 is 28.1 Å². The molecule has 1 aromatic heterocycles. The van der Waals surface area contributed by atoms with Crippen LogP contribution in [0.2, 0.25) is 0 Å². The third-order valence-electron chi connectivity index (χ3n) is 3.92. The molecule has 128 valence electrons. The fraction of sp³-hybridized carbons (Fsp3) is 0.111. The maximum Gasteiger partial charge on any atom is 0.277 e. The van der Waals surface area contributed by atoms with Gasteiger partial charge in [0, 0.05) is 4.88 Å². The summed E-state index contributed by atoms with van der Waals surface area (Å²) in [5.74, 6) is 0.921. The van der Waals surface area contributed by atoms with Crippen LogP contribution in [0.1, 0.15) is 16.1 Å². The van der Waals surface area contributed by atoms with Gasteiger partial charge in [0.05, 0.1) is 16.9 Å². The van der Waals surface area contributed by atoms with Crippen LogP contribution in [0, 0.1) is 13.8 Å². The summed E-state index contributed by atoms with van der Waals surface area (Å²) in [5, 5.41) is 9.65. The highest BCUT2D eigenvalue weighted by molar-refractivity contribution is 7.15. The number of hydrazine groups is 1. The SMILES string of the molecule is Cc1nc(N2[NH2+]C(c3ccccc3)=NN2c2ccccc2)sc1C.[Cl-]. The Labute approximate surface area is 157 Å². The van der Waals surface area contributed by atoms with Crippen LogP contribution in [0.3, 0.4) is 0 Å². The zero-order valence-electron chi connectivity index (χ0n) is 13.9. The first-order valence-corrected chi connectivity index (χ1v) is 8.61. The number of hydrogen-bond donors (Lipinski definition) is 1. The van der Waals surface area contributed by atoms with Gasteiger partial charge >= 0.3 is 0 Å². The highest BCUT2D eigenvalue weighted by Crippen LogP contribution is 2.28. The van der Waals surface area contributed by atoms with E-state index >= 15 is 0 Å². The van der Waals surface area contributed by atoms with E-state index in [-0.39, 0.29) is 12.4 Å². The van der Waals surface area contributed by atoms with Crippen molar-refractivity contribution in [3.63, 3.8) is 0 Å². The van der Waals surface area contributed by atoms with Crippen molar-refractivity contribution in [3.05, 3.63) is 76.8 Å². The Morgan fingerprint density at radius 1 is 0.920 bits per heavy atom. The molecule has 2 heterocycles. The van der Waals surface area contributed by atoms with Gasteiger partial charge in [0.25, 0.3) is 11.0 Å². The predicted molar refractivity (Wildman–Crippen MR) is 97.9 cm³/mol. The van der Waals surface area contributed by atoms with Crippen molar-refractivity contribution in [2.45, 2.75) is 13.8 Å². The molecule has 0 bridgehead atoms. The minimum atomic E-state index is 0. The lowest BCUT2D eigenvalue weighted by Crippen LogP contribution is -3.00. The zero-order chi connectivity index (χ0) is 16.5. The number of para-hydroxylation sites is 1. The van der Waals surface area contributed by atoms with E-state index in [9.17, 15) is 0 Å². The van der Waals surface area contributed by atoms with E-state index in [1.54, 1.807) is 11.3 Å². The second-order valence-electron chi connectivity index (χ2n) is 5.59. The van der Waals surface area contributed by atoms with Crippen molar-refractivity contribution in [1.29, 1.82) is 0 Å². The molecule has 2 N–H and O–H groups in total. The van der Waals surface area contributed by atoms with Gasteiger partial charge in [-0.25, -0.2) is 4.98 Å². The van der Waals surface area contributed by atoms with Crippen LogP contribution in [0.5, 0.6) is 0 Å². The summed E-state index contributed by atoms with van der Waals surface area (Å²) >= 11 is 1.68. The summed E-state index contributed by atoms with van der Waals surface area (Å²) in [6, 6.07) is 20.3. The first-order valence-electron chi connectivity index (χ1n) is 7.79. The molecule has 0 unspecified atom stereocenters. The van der Waals surface area contributed by atoms with Gasteiger partial charge in [-0.15, -0.1) is 5.12 Å². The van der Waals surface area contributed by atoms with E-state index in [1.807, 2.05) is 71.1 Å². The summed E-state index contributed by atoms with van der Waals surface area (Å²) in [6.07, 6.45) is 0. The first-order chi connectivity index (χ1) is 11.7. The summed E-state index contributed by atoms with van der Waals surface area (Å²) < 4.78 is 0. The molecule has 4 rings (SSSR count). The monoisotopic (exact) mass is 371 g/mol. The summed E-state index contributed by atoms with van der Waals surface area (Å²) in [5.41, 5.74) is 5.20. The van der Waals surface area contributed by atoms with Crippen LogP contribution in [0.15, 0.2) is 65.8 Å². The van der Waals surface area contributed by atoms with E-state index in [0.717, 1.165) is 27.9 Å². The van der Waals surface area contributed by atoms with E-state index in [2.05, 4.69) is 19.1 Å². The van der Waals surface area contributed by atoms with Gasteiger partial charge in [-0.05, 0) is 38.1 Å². The van der Waals surface area contributed by atoms with Gasteiger partial charge in [-0.3, -0.25) is 0 Å². The molecule has 0 aliphatic carbocycles. The number of quaternary nitrogens is 1. The number of aromatic nitrogens is 1. The standard InChI is InChI=1S/C18H17N5S.ClH/c1-13-14(2)24-18(19-13)23-21-17(15-9-5-3-6-10-15)20-22(23)16-11-7-4-8-12-16;/h3-12H,1-2H3,(H,20,21);1H. The van der Waals surface area contributed by atoms with Gasteiger partial charge < -0.3 is 12.4 Å². The van der Waals surface area contributed by atoms with E-state index in [1.165, 1.54) is 4.88 Å². The number of rotatable bonds is 3. The molecule has 3 aromatic rings. The molecule has 1 aliphatic rings. The number of aryl methyl sites for hydroxylation is 2. The molecule has 5 nitrogen and oxygen atoms in total. The number of amidine groups is 1. The summed E-state index contributed by atoms with van der Waals surface area (Å²) in [4.78, 5) is 5.92. The second kappa shape index (κ2) is 7.23. The predicted octanol–water partition coefficient (Wildman–Crippen LogP) is -0.154. The van der Waals surface area contributed by atoms with Gasteiger partial charge in [-0.1, -0.05) is 58.0 Å². The van der Waals surface area contributed by atoms with Crippen LogP contribution in [-0.4, -0.2) is 10.8 Å². The van der Waals surface area contributed by atoms with Crippen LogP contribution in [0.25, 0.3) is 0 Å². The second-order valence-corrected chi connectivity index (χ2v) is 6.77. The molecule has 0 saturated carbocycles. The Bertz CT molecular complexity index is 859. The summed E-state index contributed by atoms with van der Waals surface area (Å²) in [7, 11) is 0. The lowest BCUT2D eigenvalue weighted by Gasteiger charge is -2.21. The van der Waals surface area contributed by atoms with Crippen molar-refractivity contribution in [1.82, 2.24) is 4.98 Å². The van der Waals surface area contributed by atoms with Gasteiger partial charge in [0.1, 0.15) is 0 Å². The lowest BCUT2D eigenvalue weighted by atomic mass is 10.2. The molecule has 2 aromatic carbocycles. The van der Waals surface area contributed by atoms with E-state index in [4.69, 9.17) is 10.1 Å². The third kappa shape index (κ3) is 3.37. The van der Waals surface area contributed by atoms with Gasteiger partial charge in [0.15, 0.2) is 0 Å². The lowest BCUT2D eigenvalue weighted by molar-refractivity contribution is -0.545. The van der Waals surface area contributed by atoms with Crippen molar-refractivity contribution in [2.24, 2.45) is 5.10 Å². The minimum absolute atomic E-state index is 0. The van der Waals surface area contributed by atoms with E-state index < -0.39 is 0 Å². The molecule has 25 heavy (non-hydrogen) atoms. The normalized spacial score (nSPS) is 13.6. The molecule has 7 heteroatoms. The van der Waals surface area contributed by atoms with Crippen molar-refractivity contribution in [3.8, 4) is 0 Å². The Kier molecular flexibility index (Phi) is 5.03. The van der Waals surface area contributed by atoms with Crippen LogP contribution in [0.4, 0.5) is 10.8 Å². The smallest absolute Gasteiger partial charge is 0.277 e. The number of hydrazone groups is 1. The molecule has 1 aliphatic heterocycles. The Balaban J connectivity index is 0.00000182. The fourth-order valence-corrected chi connectivity index (χ4v) is 3.39. The average Bonchev–Trinajstić information content (AvgIpc) is 3.21. The Morgan fingerprint density at radius 3 is 2.16 bits per heavy atom. The number of nitrogens with two attached hydrogens (primary N) is 1. The number of benzene rings is 2. The zero-order valence-corrected chi connectivity index (χ0v) is 15.5. The van der Waals surface area contributed by atoms with Crippen LogP contribution >= 0.6 is 11.3 Å². The van der Waals surface area contributed by atoms with Crippen molar-refractivity contribution < 1.29 is 17.8 Å². The number of halogens is 1. The quantitative estimate of drug-likeness (QED) is 0.651. The number of hydrogen-bond acceptors (Lipinski definition) is 5.